The second kappa shape index (κ2) is 14.7. The Morgan fingerprint density at radius 3 is 2.24 bits per heavy atom. The van der Waals surface area contributed by atoms with Gasteiger partial charge in [-0.3, -0.25) is 9.59 Å². The molecule has 8 heteroatoms. The molecule has 41 heavy (non-hydrogen) atoms. The topological polar surface area (TPSA) is 105 Å². The monoisotopic (exact) mass is 570 g/mol. The van der Waals surface area contributed by atoms with Gasteiger partial charge in [0.05, 0.1) is 6.54 Å². The summed E-state index contributed by atoms with van der Waals surface area (Å²) in [5, 5.41) is 16.4. The van der Waals surface area contributed by atoms with E-state index in [1.807, 2.05) is 24.3 Å². The fraction of sp³-hybridized carbons (Fsp3) is 0.182. The highest BCUT2D eigenvalue weighted by Gasteiger charge is 2.21. The molecule has 1 atom stereocenters. The number of carboxylic acid groups (broad SMARTS) is 1. The Kier molecular flexibility index (Phi) is 10.5. The third-order valence-corrected chi connectivity index (χ3v) is 6.84. The van der Waals surface area contributed by atoms with Gasteiger partial charge in [0.2, 0.25) is 5.91 Å². The summed E-state index contributed by atoms with van der Waals surface area (Å²) in [6, 6.07) is 29.4. The number of halogens is 1. The number of anilines is 1. The second-order valence-electron chi connectivity index (χ2n) is 9.41. The molecule has 0 aromatic heterocycles. The van der Waals surface area contributed by atoms with Crippen molar-refractivity contribution >= 4 is 34.9 Å². The molecule has 0 bridgehead atoms. The average molecular weight is 571 g/mol. The number of ether oxygens (including phenoxy) is 1. The molecule has 0 aliphatic carbocycles. The van der Waals surface area contributed by atoms with Gasteiger partial charge in [0.25, 0.3) is 0 Å². The van der Waals surface area contributed by atoms with Crippen LogP contribution in [0.2, 0.25) is 5.02 Å². The van der Waals surface area contributed by atoms with Gasteiger partial charge in [-0.25, -0.2) is 4.79 Å². The maximum Gasteiger partial charge on any atom is 0.326 e. The van der Waals surface area contributed by atoms with Crippen molar-refractivity contribution in [3.8, 4) is 5.75 Å². The number of carbonyl (C=O) groups excluding carboxylic acids is 2. The first-order chi connectivity index (χ1) is 19.9. The molecule has 210 valence electrons. The van der Waals surface area contributed by atoms with Crippen LogP contribution in [-0.2, 0) is 22.4 Å². The van der Waals surface area contributed by atoms with Crippen LogP contribution in [0.4, 0.5) is 5.69 Å². The zero-order chi connectivity index (χ0) is 29.0. The van der Waals surface area contributed by atoms with E-state index in [2.05, 4.69) is 10.6 Å². The highest BCUT2D eigenvalue weighted by molar-refractivity contribution is 6.31. The number of para-hydroxylation sites is 1. The van der Waals surface area contributed by atoms with E-state index in [1.165, 1.54) is 0 Å². The maximum atomic E-state index is 13.0. The lowest BCUT2D eigenvalue weighted by molar-refractivity contribution is -0.137. The van der Waals surface area contributed by atoms with Gasteiger partial charge in [-0.05, 0) is 47.9 Å². The first-order valence-corrected chi connectivity index (χ1v) is 13.7. The van der Waals surface area contributed by atoms with Gasteiger partial charge in [0.1, 0.15) is 18.4 Å². The summed E-state index contributed by atoms with van der Waals surface area (Å²) in [7, 11) is 0. The van der Waals surface area contributed by atoms with Crippen molar-refractivity contribution in [2.24, 2.45) is 0 Å². The van der Waals surface area contributed by atoms with Crippen molar-refractivity contribution in [3.05, 3.63) is 130 Å². The Hall–Kier alpha value is -4.62. The largest absolute Gasteiger partial charge is 0.492 e. The fourth-order valence-corrected chi connectivity index (χ4v) is 4.52. The van der Waals surface area contributed by atoms with Crippen molar-refractivity contribution in [1.82, 2.24) is 5.32 Å². The van der Waals surface area contributed by atoms with Gasteiger partial charge in [0, 0.05) is 34.7 Å². The molecule has 0 spiro atoms. The van der Waals surface area contributed by atoms with Gasteiger partial charge >= 0.3 is 5.97 Å². The molecule has 0 heterocycles. The van der Waals surface area contributed by atoms with Gasteiger partial charge in [-0.2, -0.15) is 0 Å². The zero-order valence-electron chi connectivity index (χ0n) is 22.4. The van der Waals surface area contributed by atoms with E-state index < -0.39 is 12.0 Å². The SMILES string of the molecule is O=C(CCc1ccccc1Cl)NCCOc1ccc(C[C@H](Nc2ccccc2C(=O)c2ccccc2)C(=O)O)cc1. The van der Waals surface area contributed by atoms with Crippen LogP contribution < -0.4 is 15.4 Å². The van der Waals surface area contributed by atoms with Crippen LogP contribution in [0.25, 0.3) is 0 Å². The smallest absolute Gasteiger partial charge is 0.326 e. The quantitative estimate of drug-likeness (QED) is 0.131. The molecule has 0 saturated heterocycles. The fourth-order valence-electron chi connectivity index (χ4n) is 4.29. The van der Waals surface area contributed by atoms with Gasteiger partial charge in [0.15, 0.2) is 5.78 Å². The van der Waals surface area contributed by atoms with Crippen LogP contribution in [0.3, 0.4) is 0 Å². The first kappa shape index (κ1) is 29.4. The molecule has 3 N–H and O–H groups in total. The molecule has 0 aliphatic heterocycles. The number of hydrogen-bond donors (Lipinski definition) is 3. The minimum atomic E-state index is -1.03. The van der Waals surface area contributed by atoms with Gasteiger partial charge in [-0.1, -0.05) is 84.4 Å². The highest BCUT2D eigenvalue weighted by Crippen LogP contribution is 2.22. The molecule has 0 aliphatic rings. The third kappa shape index (κ3) is 8.68. The van der Waals surface area contributed by atoms with Crippen molar-refractivity contribution in [1.29, 1.82) is 0 Å². The lowest BCUT2D eigenvalue weighted by atomic mass is 10.00. The number of carboxylic acids is 1. The van der Waals surface area contributed by atoms with Crippen LogP contribution in [0, 0.1) is 0 Å². The summed E-state index contributed by atoms with van der Waals surface area (Å²) in [4.78, 5) is 37.2. The number of hydrogen-bond acceptors (Lipinski definition) is 5. The molecule has 4 rings (SSSR count). The van der Waals surface area contributed by atoms with E-state index in [4.69, 9.17) is 16.3 Å². The number of aliphatic carboxylic acids is 1. The van der Waals surface area contributed by atoms with Gasteiger partial charge in [-0.15, -0.1) is 0 Å². The molecule has 0 radical (unpaired) electrons. The summed E-state index contributed by atoms with van der Waals surface area (Å²) >= 11 is 6.14. The predicted octanol–water partition coefficient (Wildman–Crippen LogP) is 5.81. The molecule has 0 unspecified atom stereocenters. The number of aryl methyl sites for hydroxylation is 1. The highest BCUT2D eigenvalue weighted by atomic mass is 35.5. The minimum Gasteiger partial charge on any atom is -0.492 e. The van der Waals surface area contributed by atoms with E-state index >= 15 is 0 Å². The van der Waals surface area contributed by atoms with Crippen LogP contribution in [0.15, 0.2) is 103 Å². The normalized spacial score (nSPS) is 11.3. The number of amides is 1. The molecule has 4 aromatic carbocycles. The minimum absolute atomic E-state index is 0.0804. The predicted molar refractivity (Wildman–Crippen MR) is 160 cm³/mol. The Bertz CT molecular complexity index is 1470. The van der Waals surface area contributed by atoms with E-state index in [1.54, 1.807) is 78.9 Å². The Labute approximate surface area is 244 Å². The summed E-state index contributed by atoms with van der Waals surface area (Å²) in [6.07, 6.45) is 1.10. The average Bonchev–Trinajstić information content (AvgIpc) is 2.99. The van der Waals surface area contributed by atoms with E-state index in [0.29, 0.717) is 53.6 Å². The van der Waals surface area contributed by atoms with Crippen LogP contribution in [0.1, 0.15) is 33.5 Å². The standard InChI is InChI=1S/C33H31ClN2O5/c34-28-12-6-4-8-24(28)16-19-31(37)35-20-21-41-26-17-14-23(15-18-26)22-30(33(39)40)36-29-13-7-5-11-27(29)32(38)25-9-2-1-3-10-25/h1-15,17-18,30,36H,16,19-22H2,(H,35,37)(H,39,40)/t30-/m0/s1. The Morgan fingerprint density at radius 2 is 1.51 bits per heavy atom. The second-order valence-corrected chi connectivity index (χ2v) is 9.82. The Balaban J connectivity index is 1.27. The van der Waals surface area contributed by atoms with Gasteiger partial charge < -0.3 is 20.5 Å². The molecule has 4 aromatic rings. The van der Waals surface area contributed by atoms with E-state index in [0.717, 1.165) is 11.1 Å². The van der Waals surface area contributed by atoms with Crippen molar-refractivity contribution in [3.63, 3.8) is 0 Å². The third-order valence-electron chi connectivity index (χ3n) is 6.47. The number of nitrogens with one attached hydrogen (secondary N) is 2. The van der Waals surface area contributed by atoms with Crippen molar-refractivity contribution in [2.75, 3.05) is 18.5 Å². The number of benzene rings is 4. The molecule has 1 amide bonds. The van der Waals surface area contributed by atoms with Crippen molar-refractivity contribution < 1.29 is 24.2 Å². The summed E-state index contributed by atoms with van der Waals surface area (Å²) in [6.45, 7) is 0.651. The molecule has 7 nitrogen and oxygen atoms in total. The first-order valence-electron chi connectivity index (χ1n) is 13.3. The maximum absolute atomic E-state index is 13.0. The number of rotatable bonds is 14. The van der Waals surface area contributed by atoms with Crippen LogP contribution >= 0.6 is 11.6 Å². The summed E-state index contributed by atoms with van der Waals surface area (Å²) < 4.78 is 5.72. The zero-order valence-corrected chi connectivity index (χ0v) is 23.1. The molecule has 0 saturated carbocycles. The number of carbonyl (C=O) groups is 3. The van der Waals surface area contributed by atoms with Crippen LogP contribution in [0.5, 0.6) is 5.75 Å². The van der Waals surface area contributed by atoms with E-state index in [9.17, 15) is 19.5 Å². The molecule has 0 fully saturated rings. The lowest BCUT2D eigenvalue weighted by Crippen LogP contribution is -2.32. The van der Waals surface area contributed by atoms with E-state index in [-0.39, 0.29) is 18.1 Å². The lowest BCUT2D eigenvalue weighted by Gasteiger charge is -2.18. The van der Waals surface area contributed by atoms with Crippen LogP contribution in [-0.4, -0.2) is 42.0 Å². The summed E-state index contributed by atoms with van der Waals surface area (Å²) in [5.74, 6) is -0.686. The summed E-state index contributed by atoms with van der Waals surface area (Å²) in [5.41, 5.74) is 3.12. The van der Waals surface area contributed by atoms with Crippen molar-refractivity contribution in [2.45, 2.75) is 25.3 Å². The number of ketones is 1. The Morgan fingerprint density at radius 1 is 0.829 bits per heavy atom. The molecular formula is C33H31ClN2O5. The molecular weight excluding hydrogens is 540 g/mol.